The van der Waals surface area contributed by atoms with Crippen LogP contribution in [0.15, 0.2) is 0 Å². The van der Waals surface area contributed by atoms with Crippen LogP contribution in [0.25, 0.3) is 0 Å². The first-order chi connectivity index (χ1) is 4.31. The van der Waals surface area contributed by atoms with Gasteiger partial charge in [0.1, 0.15) is 0 Å². The molecule has 0 spiro atoms. The minimum absolute atomic E-state index is 0.0819. The highest BCUT2D eigenvalue weighted by atomic mass is 32.2. The lowest BCUT2D eigenvalue weighted by atomic mass is 10.3. The lowest BCUT2D eigenvalue weighted by Crippen LogP contribution is -2.07. The summed E-state index contributed by atoms with van der Waals surface area (Å²) in [7, 11) is 0. The first-order valence-electron chi connectivity index (χ1n) is 3.57. The van der Waals surface area contributed by atoms with E-state index in [1.54, 1.807) is 0 Å². The van der Waals surface area contributed by atoms with Gasteiger partial charge in [-0.2, -0.15) is 11.8 Å². The fourth-order valence-corrected chi connectivity index (χ4v) is 1.44. The molecule has 0 radical (unpaired) electrons. The third-order valence-corrected chi connectivity index (χ3v) is 2.45. The van der Waals surface area contributed by atoms with E-state index < -0.39 is 0 Å². The number of thioether (sulfide) groups is 1. The van der Waals surface area contributed by atoms with Crippen LogP contribution in [0.1, 0.15) is 26.7 Å². The molecule has 0 bridgehead atoms. The molecule has 9 heavy (non-hydrogen) atoms. The van der Waals surface area contributed by atoms with Gasteiger partial charge in [-0.1, -0.05) is 13.8 Å². The highest BCUT2D eigenvalue weighted by molar-refractivity contribution is 7.99. The summed E-state index contributed by atoms with van der Waals surface area (Å²) in [6.07, 6.45) is 2.01. The third kappa shape index (κ3) is 6.19. The van der Waals surface area contributed by atoms with Crippen molar-refractivity contribution in [2.75, 3.05) is 11.5 Å². The molecule has 0 saturated carbocycles. The van der Waals surface area contributed by atoms with Crippen molar-refractivity contribution in [2.24, 2.45) is 0 Å². The Kier molecular flexibility index (Phi) is 6.65. The first-order valence-corrected chi connectivity index (χ1v) is 4.72. The van der Waals surface area contributed by atoms with E-state index in [-0.39, 0.29) is 6.10 Å². The van der Waals surface area contributed by atoms with E-state index in [4.69, 9.17) is 5.11 Å². The molecule has 2 heteroatoms. The van der Waals surface area contributed by atoms with Gasteiger partial charge < -0.3 is 5.11 Å². The average Bonchev–Trinajstić information content (AvgIpc) is 1.89. The summed E-state index contributed by atoms with van der Waals surface area (Å²) in [4.78, 5) is 0. The summed E-state index contributed by atoms with van der Waals surface area (Å²) < 4.78 is 0. The van der Waals surface area contributed by atoms with E-state index in [2.05, 4.69) is 6.92 Å². The standard InChI is InChI=1S/C7H16OS/c1-3-5-9-6-7(8)4-2/h7-8H,3-6H2,1-2H3. The Morgan fingerprint density at radius 1 is 1.44 bits per heavy atom. The lowest BCUT2D eigenvalue weighted by Gasteiger charge is -2.04. The first kappa shape index (κ1) is 9.31. The maximum absolute atomic E-state index is 9.06. The van der Waals surface area contributed by atoms with Crippen LogP contribution in [-0.2, 0) is 0 Å². The number of aliphatic hydroxyl groups is 1. The van der Waals surface area contributed by atoms with Gasteiger partial charge in [0.25, 0.3) is 0 Å². The van der Waals surface area contributed by atoms with Crippen LogP contribution in [-0.4, -0.2) is 22.7 Å². The SMILES string of the molecule is CCCSCC(O)CC. The minimum Gasteiger partial charge on any atom is -0.392 e. The van der Waals surface area contributed by atoms with Crippen LogP contribution in [0.4, 0.5) is 0 Å². The summed E-state index contributed by atoms with van der Waals surface area (Å²) in [5.74, 6) is 2.08. The maximum atomic E-state index is 9.06. The van der Waals surface area contributed by atoms with E-state index in [0.29, 0.717) is 0 Å². The van der Waals surface area contributed by atoms with Crippen LogP contribution in [0.2, 0.25) is 0 Å². The van der Waals surface area contributed by atoms with Crippen molar-refractivity contribution in [1.82, 2.24) is 0 Å². The fraction of sp³-hybridized carbons (Fsp3) is 1.00. The van der Waals surface area contributed by atoms with Gasteiger partial charge in [0, 0.05) is 5.75 Å². The van der Waals surface area contributed by atoms with Crippen LogP contribution in [0, 0.1) is 0 Å². The molecule has 0 aliphatic heterocycles. The highest BCUT2D eigenvalue weighted by Crippen LogP contribution is 2.05. The molecular formula is C7H16OS. The second-order valence-corrected chi connectivity index (χ2v) is 3.29. The monoisotopic (exact) mass is 148 g/mol. The predicted molar refractivity (Wildman–Crippen MR) is 43.9 cm³/mol. The lowest BCUT2D eigenvalue weighted by molar-refractivity contribution is 0.195. The Balaban J connectivity index is 2.88. The smallest absolute Gasteiger partial charge is 0.0628 e. The van der Waals surface area contributed by atoms with Gasteiger partial charge in [-0.05, 0) is 18.6 Å². The Bertz CT molecular complexity index is 56.9. The quantitative estimate of drug-likeness (QED) is 0.601. The average molecular weight is 148 g/mol. The summed E-state index contributed by atoms with van der Waals surface area (Å²) in [5, 5.41) is 9.06. The van der Waals surface area contributed by atoms with Crippen molar-refractivity contribution < 1.29 is 5.11 Å². The fourth-order valence-electron chi connectivity index (χ4n) is 0.482. The molecule has 0 saturated heterocycles. The van der Waals surface area contributed by atoms with Crippen molar-refractivity contribution >= 4 is 11.8 Å². The van der Waals surface area contributed by atoms with Crippen molar-refractivity contribution in [3.8, 4) is 0 Å². The van der Waals surface area contributed by atoms with Gasteiger partial charge in [-0.3, -0.25) is 0 Å². The van der Waals surface area contributed by atoms with Crippen LogP contribution in [0.3, 0.4) is 0 Å². The molecule has 1 unspecified atom stereocenters. The largest absolute Gasteiger partial charge is 0.392 e. The molecule has 0 fully saturated rings. The minimum atomic E-state index is -0.0819. The second kappa shape index (κ2) is 6.43. The molecule has 1 N–H and O–H groups in total. The van der Waals surface area contributed by atoms with Gasteiger partial charge in [0.05, 0.1) is 6.10 Å². The molecule has 1 atom stereocenters. The number of hydrogen-bond acceptors (Lipinski definition) is 2. The normalized spacial score (nSPS) is 13.7. The Hall–Kier alpha value is 0.310. The molecule has 1 nitrogen and oxygen atoms in total. The van der Waals surface area contributed by atoms with Gasteiger partial charge in [-0.25, -0.2) is 0 Å². The Morgan fingerprint density at radius 2 is 2.11 bits per heavy atom. The highest BCUT2D eigenvalue weighted by Gasteiger charge is 1.97. The molecule has 0 rings (SSSR count). The van der Waals surface area contributed by atoms with Gasteiger partial charge >= 0.3 is 0 Å². The third-order valence-electron chi connectivity index (χ3n) is 1.13. The summed E-state index contributed by atoms with van der Waals surface area (Å²) in [6, 6.07) is 0. The molecule has 0 heterocycles. The van der Waals surface area contributed by atoms with Crippen molar-refractivity contribution in [3.63, 3.8) is 0 Å². The molecule has 0 aromatic heterocycles. The van der Waals surface area contributed by atoms with Crippen molar-refractivity contribution in [1.29, 1.82) is 0 Å². The summed E-state index contributed by atoms with van der Waals surface area (Å²) >= 11 is 1.84. The second-order valence-electron chi connectivity index (χ2n) is 2.14. The van der Waals surface area contributed by atoms with Crippen molar-refractivity contribution in [3.05, 3.63) is 0 Å². The summed E-state index contributed by atoms with van der Waals surface area (Å²) in [5.41, 5.74) is 0. The Morgan fingerprint density at radius 3 is 2.56 bits per heavy atom. The van der Waals surface area contributed by atoms with Crippen LogP contribution < -0.4 is 0 Å². The molecular weight excluding hydrogens is 132 g/mol. The summed E-state index contributed by atoms with van der Waals surface area (Å²) in [6.45, 7) is 4.17. The number of rotatable bonds is 5. The Labute approximate surface area is 61.8 Å². The van der Waals surface area contributed by atoms with Gasteiger partial charge in [0.15, 0.2) is 0 Å². The molecule has 0 aliphatic rings. The van der Waals surface area contributed by atoms with Crippen molar-refractivity contribution in [2.45, 2.75) is 32.8 Å². The molecule has 0 aromatic carbocycles. The van der Waals surface area contributed by atoms with E-state index >= 15 is 0 Å². The van der Waals surface area contributed by atoms with Crippen LogP contribution >= 0.6 is 11.8 Å². The van der Waals surface area contributed by atoms with Gasteiger partial charge in [-0.15, -0.1) is 0 Å². The van der Waals surface area contributed by atoms with E-state index in [1.165, 1.54) is 12.2 Å². The zero-order valence-corrected chi connectivity index (χ0v) is 7.08. The van der Waals surface area contributed by atoms with Crippen LogP contribution in [0.5, 0.6) is 0 Å². The molecule has 56 valence electrons. The maximum Gasteiger partial charge on any atom is 0.0628 e. The van der Waals surface area contributed by atoms with E-state index in [0.717, 1.165) is 12.2 Å². The topological polar surface area (TPSA) is 20.2 Å². The molecule has 0 aliphatic carbocycles. The zero-order chi connectivity index (χ0) is 7.11. The predicted octanol–water partition coefficient (Wildman–Crippen LogP) is 1.90. The molecule has 0 amide bonds. The number of aliphatic hydroxyl groups excluding tert-OH is 1. The number of hydrogen-bond donors (Lipinski definition) is 1. The zero-order valence-electron chi connectivity index (χ0n) is 6.26. The van der Waals surface area contributed by atoms with E-state index in [9.17, 15) is 0 Å². The van der Waals surface area contributed by atoms with E-state index in [1.807, 2.05) is 18.7 Å². The molecule has 0 aromatic rings. The van der Waals surface area contributed by atoms with Gasteiger partial charge in [0.2, 0.25) is 0 Å².